The van der Waals surface area contributed by atoms with Crippen molar-refractivity contribution in [2.45, 2.75) is 50.9 Å². The monoisotopic (exact) mass is 415 g/mol. The van der Waals surface area contributed by atoms with E-state index < -0.39 is 0 Å². The first-order chi connectivity index (χ1) is 15.0. The standard InChI is InChI=1S/C25H25N3O3/c1-3-20-15-26-25(27-20)22(29)12-18-10-9-17(11-21(18)16-7-5-4-6-8-16)19-13-23(30)28(2)24(31)14-19/h1,7,9-11,15,19H,4-6,8,12-14H2,2H3,(H,26,27). The largest absolute Gasteiger partial charge is 0.329 e. The van der Waals surface area contributed by atoms with Crippen LogP contribution in [-0.2, 0) is 16.0 Å². The molecular weight excluding hydrogens is 390 g/mol. The molecule has 2 aromatic rings. The first kappa shape index (κ1) is 20.8. The molecule has 2 heterocycles. The topological polar surface area (TPSA) is 83.1 Å². The molecule has 6 heteroatoms. The van der Waals surface area contributed by atoms with E-state index >= 15 is 0 Å². The molecule has 0 unspecified atom stereocenters. The number of nitrogens with zero attached hydrogens (tertiary/aromatic N) is 2. The average Bonchev–Trinajstić information content (AvgIpc) is 3.27. The molecule has 0 radical (unpaired) electrons. The molecule has 1 aliphatic carbocycles. The van der Waals surface area contributed by atoms with Crippen molar-refractivity contribution >= 4 is 23.2 Å². The third-order valence-electron chi connectivity index (χ3n) is 6.18. The van der Waals surface area contributed by atoms with Crippen molar-refractivity contribution in [1.82, 2.24) is 14.9 Å². The van der Waals surface area contributed by atoms with Crippen molar-refractivity contribution in [1.29, 1.82) is 0 Å². The number of carbonyl (C=O) groups excluding carboxylic acids is 3. The third-order valence-corrected chi connectivity index (χ3v) is 6.18. The minimum absolute atomic E-state index is 0.128. The lowest BCUT2D eigenvalue weighted by molar-refractivity contribution is -0.146. The third kappa shape index (κ3) is 4.36. The van der Waals surface area contributed by atoms with Gasteiger partial charge in [-0.05, 0) is 47.9 Å². The van der Waals surface area contributed by atoms with Gasteiger partial charge < -0.3 is 4.98 Å². The molecule has 0 saturated carbocycles. The van der Waals surface area contributed by atoms with Crippen LogP contribution in [0.5, 0.6) is 0 Å². The predicted molar refractivity (Wildman–Crippen MR) is 117 cm³/mol. The summed E-state index contributed by atoms with van der Waals surface area (Å²) in [6, 6.07) is 5.97. The van der Waals surface area contributed by atoms with Gasteiger partial charge in [0.2, 0.25) is 17.6 Å². The van der Waals surface area contributed by atoms with Gasteiger partial charge >= 0.3 is 0 Å². The zero-order valence-electron chi connectivity index (χ0n) is 17.6. The molecule has 158 valence electrons. The fourth-order valence-corrected chi connectivity index (χ4v) is 4.32. The second-order valence-corrected chi connectivity index (χ2v) is 8.23. The maximum absolute atomic E-state index is 12.8. The van der Waals surface area contributed by atoms with Gasteiger partial charge in [0, 0.05) is 32.2 Å². The zero-order chi connectivity index (χ0) is 22.0. The number of Topliss-reactive ketones (excluding diaryl/α,β-unsaturated/α-hetero) is 1. The summed E-state index contributed by atoms with van der Waals surface area (Å²) >= 11 is 0. The van der Waals surface area contributed by atoms with Crippen LogP contribution in [0, 0.1) is 12.3 Å². The highest BCUT2D eigenvalue weighted by molar-refractivity contribution is 5.98. The summed E-state index contributed by atoms with van der Waals surface area (Å²) in [7, 11) is 1.54. The second-order valence-electron chi connectivity index (χ2n) is 8.23. The van der Waals surface area contributed by atoms with Gasteiger partial charge in [-0.1, -0.05) is 30.2 Å². The van der Waals surface area contributed by atoms with Crippen molar-refractivity contribution in [3.8, 4) is 12.3 Å². The molecule has 4 rings (SSSR count). The van der Waals surface area contributed by atoms with Crippen LogP contribution in [0.3, 0.4) is 0 Å². The number of piperidine rings is 1. The van der Waals surface area contributed by atoms with Crippen LogP contribution in [0.25, 0.3) is 5.57 Å². The Kier molecular flexibility index (Phi) is 5.85. The fourth-order valence-electron chi connectivity index (χ4n) is 4.32. The molecule has 2 aliphatic rings. The van der Waals surface area contributed by atoms with Crippen LogP contribution in [0.15, 0.2) is 30.5 Å². The van der Waals surface area contributed by atoms with Gasteiger partial charge in [0.1, 0.15) is 5.69 Å². The van der Waals surface area contributed by atoms with E-state index in [9.17, 15) is 14.4 Å². The SMILES string of the molecule is C#Cc1cnc(C(=O)Cc2ccc(C3CC(=O)N(C)C(=O)C3)cc2C2=CCCCC2)[nH]1. The number of allylic oxidation sites excluding steroid dienone is 2. The maximum atomic E-state index is 12.8. The second kappa shape index (κ2) is 8.73. The van der Waals surface area contributed by atoms with Crippen molar-refractivity contribution in [3.05, 3.63) is 58.7 Å². The molecular formula is C25H25N3O3. The van der Waals surface area contributed by atoms with Crippen LogP contribution < -0.4 is 0 Å². The Morgan fingerprint density at radius 1 is 1.26 bits per heavy atom. The highest BCUT2D eigenvalue weighted by Gasteiger charge is 2.31. The van der Waals surface area contributed by atoms with Crippen LogP contribution >= 0.6 is 0 Å². The lowest BCUT2D eigenvalue weighted by Crippen LogP contribution is -2.39. The van der Waals surface area contributed by atoms with Crippen LogP contribution in [0.4, 0.5) is 0 Å². The number of aromatic amines is 1. The molecule has 2 amide bonds. The molecule has 1 aromatic heterocycles. The van der Waals surface area contributed by atoms with Crippen LogP contribution in [0.2, 0.25) is 0 Å². The van der Waals surface area contributed by atoms with E-state index in [0.29, 0.717) is 18.5 Å². The van der Waals surface area contributed by atoms with Crippen molar-refractivity contribution < 1.29 is 14.4 Å². The summed E-state index contributed by atoms with van der Waals surface area (Å²) in [5.41, 5.74) is 4.63. The minimum Gasteiger partial charge on any atom is -0.329 e. The van der Waals surface area contributed by atoms with E-state index in [2.05, 4.69) is 28.0 Å². The number of aromatic nitrogens is 2. The van der Waals surface area contributed by atoms with Crippen molar-refractivity contribution in [2.24, 2.45) is 0 Å². The summed E-state index contributed by atoms with van der Waals surface area (Å²) in [4.78, 5) is 45.4. The molecule has 0 spiro atoms. The van der Waals surface area contributed by atoms with Gasteiger partial charge in [0.15, 0.2) is 5.82 Å². The summed E-state index contributed by atoms with van der Waals surface area (Å²) < 4.78 is 0. The highest BCUT2D eigenvalue weighted by atomic mass is 16.2. The van der Waals surface area contributed by atoms with E-state index in [1.807, 2.05) is 12.1 Å². The molecule has 31 heavy (non-hydrogen) atoms. The minimum atomic E-state index is -0.152. The maximum Gasteiger partial charge on any atom is 0.229 e. The molecule has 6 nitrogen and oxygen atoms in total. The van der Waals surface area contributed by atoms with E-state index in [4.69, 9.17) is 6.42 Å². The summed E-state index contributed by atoms with van der Waals surface area (Å²) in [6.07, 6.45) is 14.2. The number of terminal acetylenes is 1. The molecule has 0 atom stereocenters. The lowest BCUT2D eigenvalue weighted by Gasteiger charge is -2.28. The Labute approximate surface area is 181 Å². The number of nitrogens with one attached hydrogen (secondary N) is 1. The van der Waals surface area contributed by atoms with E-state index in [1.165, 1.54) is 23.7 Å². The zero-order valence-corrected chi connectivity index (χ0v) is 17.6. The first-order valence-corrected chi connectivity index (χ1v) is 10.6. The summed E-state index contributed by atoms with van der Waals surface area (Å²) in [5, 5.41) is 0. The number of benzene rings is 1. The molecule has 1 fully saturated rings. The Bertz CT molecular complexity index is 1100. The quantitative estimate of drug-likeness (QED) is 0.459. The smallest absolute Gasteiger partial charge is 0.229 e. The predicted octanol–water partition coefficient (Wildman–Crippen LogP) is 3.64. The fraction of sp³-hybridized carbons (Fsp3) is 0.360. The van der Waals surface area contributed by atoms with Gasteiger partial charge in [-0.2, -0.15) is 0 Å². The van der Waals surface area contributed by atoms with Crippen molar-refractivity contribution in [3.63, 3.8) is 0 Å². The first-order valence-electron chi connectivity index (χ1n) is 10.6. The number of imidazole rings is 1. The van der Waals surface area contributed by atoms with Crippen molar-refractivity contribution in [2.75, 3.05) is 7.05 Å². The number of hydrogen-bond acceptors (Lipinski definition) is 4. The molecule has 0 bridgehead atoms. The number of imide groups is 1. The van der Waals surface area contributed by atoms with Gasteiger partial charge in [0.25, 0.3) is 0 Å². The van der Waals surface area contributed by atoms with Gasteiger partial charge in [-0.3, -0.25) is 19.3 Å². The van der Waals surface area contributed by atoms with Gasteiger partial charge in [-0.15, -0.1) is 6.42 Å². The molecule has 1 N–H and O–H groups in total. The number of hydrogen-bond donors (Lipinski definition) is 1. The number of H-pyrrole nitrogens is 1. The van der Waals surface area contributed by atoms with Gasteiger partial charge in [0.05, 0.1) is 6.20 Å². The molecule has 1 saturated heterocycles. The summed E-state index contributed by atoms with van der Waals surface area (Å²) in [6.45, 7) is 0. The molecule has 1 aliphatic heterocycles. The Balaban J connectivity index is 1.66. The Morgan fingerprint density at radius 3 is 2.68 bits per heavy atom. The number of rotatable bonds is 5. The number of amides is 2. The van der Waals surface area contributed by atoms with Crippen LogP contribution in [-0.4, -0.2) is 39.5 Å². The Morgan fingerprint density at radius 2 is 2.03 bits per heavy atom. The Hall–Kier alpha value is -3.46. The average molecular weight is 415 g/mol. The lowest BCUT2D eigenvalue weighted by atomic mass is 9.83. The number of ketones is 1. The van der Waals surface area contributed by atoms with E-state index in [1.54, 1.807) is 0 Å². The molecule has 1 aromatic carbocycles. The normalized spacial score (nSPS) is 17.4. The van der Waals surface area contributed by atoms with E-state index in [-0.39, 0.29) is 35.8 Å². The number of likely N-dealkylation sites (tertiary alicyclic amines) is 1. The highest BCUT2D eigenvalue weighted by Crippen LogP contribution is 2.35. The van der Waals surface area contributed by atoms with Gasteiger partial charge in [-0.25, -0.2) is 4.98 Å². The van der Waals surface area contributed by atoms with Crippen LogP contribution in [0.1, 0.15) is 77.4 Å². The summed E-state index contributed by atoms with van der Waals surface area (Å²) in [5.74, 6) is 2.14. The number of carbonyl (C=O) groups is 3. The van der Waals surface area contributed by atoms with E-state index in [0.717, 1.165) is 42.4 Å².